The van der Waals surface area contributed by atoms with Crippen LogP contribution in [-0.4, -0.2) is 36.1 Å². The lowest BCUT2D eigenvalue weighted by Gasteiger charge is -2.17. The van der Waals surface area contributed by atoms with Crippen LogP contribution in [0, 0.1) is 5.82 Å². The number of nitrogens with zero attached hydrogens (tertiary/aromatic N) is 1. The van der Waals surface area contributed by atoms with E-state index in [4.69, 9.17) is 0 Å². The molecule has 0 saturated carbocycles. The number of rotatable bonds is 7. The Labute approximate surface area is 113 Å². The van der Waals surface area contributed by atoms with Crippen LogP contribution >= 0.6 is 11.8 Å². The summed E-state index contributed by atoms with van der Waals surface area (Å²) in [4.78, 5) is 14.5. The Morgan fingerprint density at radius 2 is 2.00 bits per heavy atom. The van der Waals surface area contributed by atoms with Gasteiger partial charge >= 0.3 is 0 Å². The molecular weight excluding hydrogens is 249 g/mol. The third-order valence-electron chi connectivity index (χ3n) is 2.89. The lowest BCUT2D eigenvalue weighted by atomic mass is 10.1. The molecule has 0 bridgehead atoms. The summed E-state index contributed by atoms with van der Waals surface area (Å²) in [6.45, 7) is 8.63. The molecule has 0 saturated heterocycles. The van der Waals surface area contributed by atoms with Gasteiger partial charge in [0.1, 0.15) is 5.82 Å². The number of Topliss-reactive ketones (excluding diaryl/α,β-unsaturated/α-hetero) is 1. The molecule has 0 radical (unpaired) electrons. The van der Waals surface area contributed by atoms with Crippen molar-refractivity contribution in [3.8, 4) is 0 Å². The van der Waals surface area contributed by atoms with Gasteiger partial charge in [0.2, 0.25) is 0 Å². The van der Waals surface area contributed by atoms with Gasteiger partial charge in [-0.3, -0.25) is 4.79 Å². The van der Waals surface area contributed by atoms with E-state index in [1.165, 1.54) is 13.0 Å². The largest absolute Gasteiger partial charge is 0.303 e. The molecule has 1 rings (SSSR count). The molecule has 0 fully saturated rings. The van der Waals surface area contributed by atoms with Crippen molar-refractivity contribution in [2.75, 3.05) is 25.4 Å². The third-order valence-corrected chi connectivity index (χ3v) is 3.92. The molecule has 0 aliphatic carbocycles. The van der Waals surface area contributed by atoms with Crippen molar-refractivity contribution in [2.45, 2.75) is 25.7 Å². The second kappa shape index (κ2) is 7.54. The van der Waals surface area contributed by atoms with E-state index in [-0.39, 0.29) is 11.3 Å². The maximum atomic E-state index is 13.6. The predicted octanol–water partition coefficient (Wildman–Crippen LogP) is 3.46. The average Bonchev–Trinajstić information content (AvgIpc) is 2.34. The molecule has 2 nitrogen and oxygen atoms in total. The van der Waals surface area contributed by atoms with Crippen molar-refractivity contribution in [3.63, 3.8) is 0 Å². The van der Waals surface area contributed by atoms with E-state index in [2.05, 4.69) is 18.7 Å². The minimum absolute atomic E-state index is 0.210. The first-order valence-electron chi connectivity index (χ1n) is 6.24. The number of benzene rings is 1. The summed E-state index contributed by atoms with van der Waals surface area (Å²) >= 11 is 1.55. The Balaban J connectivity index is 2.67. The average molecular weight is 269 g/mol. The number of carbonyl (C=O) groups excluding carboxylic acids is 1. The second-order valence-corrected chi connectivity index (χ2v) is 5.18. The summed E-state index contributed by atoms with van der Waals surface area (Å²) in [6.07, 6.45) is 0. The van der Waals surface area contributed by atoms with Crippen molar-refractivity contribution < 1.29 is 9.18 Å². The van der Waals surface area contributed by atoms with E-state index < -0.39 is 5.82 Å². The van der Waals surface area contributed by atoms with Crippen LogP contribution in [0.1, 0.15) is 31.1 Å². The molecule has 100 valence electrons. The molecule has 0 unspecified atom stereocenters. The van der Waals surface area contributed by atoms with Crippen molar-refractivity contribution >= 4 is 17.5 Å². The number of hydrogen-bond donors (Lipinski definition) is 0. The highest BCUT2D eigenvalue weighted by atomic mass is 32.2. The summed E-state index contributed by atoms with van der Waals surface area (Å²) in [5.74, 6) is 0.236. The first kappa shape index (κ1) is 15.2. The number of carbonyl (C=O) groups is 1. The van der Waals surface area contributed by atoms with Gasteiger partial charge in [0.05, 0.1) is 5.56 Å². The molecule has 4 heteroatoms. The third kappa shape index (κ3) is 4.10. The summed E-state index contributed by atoms with van der Waals surface area (Å²) < 4.78 is 13.6. The number of hydrogen-bond acceptors (Lipinski definition) is 3. The van der Waals surface area contributed by atoms with Crippen molar-refractivity contribution in [1.82, 2.24) is 4.90 Å². The molecular formula is C14H20FNOS. The minimum Gasteiger partial charge on any atom is -0.303 e. The van der Waals surface area contributed by atoms with Gasteiger partial charge in [-0.15, -0.1) is 11.8 Å². The summed E-state index contributed by atoms with van der Waals surface area (Å²) in [5.41, 5.74) is 0.224. The SMILES string of the molecule is CCN(CC)CCSc1cccc(F)c1C(C)=O. The fraction of sp³-hybridized carbons (Fsp3) is 0.500. The van der Waals surface area contributed by atoms with Crippen molar-refractivity contribution in [3.05, 3.63) is 29.6 Å². The van der Waals surface area contributed by atoms with Crippen LogP contribution < -0.4 is 0 Å². The molecule has 1 aromatic carbocycles. The lowest BCUT2D eigenvalue weighted by molar-refractivity contribution is 0.101. The van der Waals surface area contributed by atoms with E-state index in [1.807, 2.05) is 6.07 Å². The van der Waals surface area contributed by atoms with Crippen LogP contribution in [0.25, 0.3) is 0 Å². The lowest BCUT2D eigenvalue weighted by Crippen LogP contribution is -2.25. The van der Waals surface area contributed by atoms with Crippen LogP contribution in [0.4, 0.5) is 4.39 Å². The van der Waals surface area contributed by atoms with Crippen LogP contribution in [0.3, 0.4) is 0 Å². The molecule has 0 amide bonds. The first-order chi connectivity index (χ1) is 8.60. The summed E-state index contributed by atoms with van der Waals surface area (Å²) in [7, 11) is 0. The normalized spacial score (nSPS) is 10.9. The Morgan fingerprint density at radius 3 is 2.56 bits per heavy atom. The Hall–Kier alpha value is -0.870. The maximum absolute atomic E-state index is 13.6. The zero-order chi connectivity index (χ0) is 13.5. The maximum Gasteiger partial charge on any atom is 0.163 e. The van der Waals surface area contributed by atoms with E-state index in [9.17, 15) is 9.18 Å². The highest BCUT2D eigenvalue weighted by Crippen LogP contribution is 2.25. The first-order valence-corrected chi connectivity index (χ1v) is 7.23. The number of ketones is 1. The smallest absolute Gasteiger partial charge is 0.163 e. The van der Waals surface area contributed by atoms with Gasteiger partial charge in [-0.05, 0) is 32.1 Å². The van der Waals surface area contributed by atoms with Crippen LogP contribution in [0.2, 0.25) is 0 Å². The fourth-order valence-corrected chi connectivity index (χ4v) is 2.92. The Morgan fingerprint density at radius 1 is 1.33 bits per heavy atom. The monoisotopic (exact) mass is 269 g/mol. The van der Waals surface area contributed by atoms with Gasteiger partial charge in [0.15, 0.2) is 5.78 Å². The Bertz CT molecular complexity index is 405. The molecule has 0 aliphatic heterocycles. The molecule has 0 aromatic heterocycles. The summed E-state index contributed by atoms with van der Waals surface area (Å²) in [6, 6.07) is 4.80. The van der Waals surface area contributed by atoms with Gasteiger partial charge in [-0.25, -0.2) is 4.39 Å². The molecule has 0 spiro atoms. The zero-order valence-corrected chi connectivity index (χ0v) is 12.0. The van der Waals surface area contributed by atoms with Gasteiger partial charge in [0, 0.05) is 17.2 Å². The van der Waals surface area contributed by atoms with Gasteiger partial charge in [-0.1, -0.05) is 19.9 Å². The minimum atomic E-state index is -0.421. The van der Waals surface area contributed by atoms with Gasteiger partial charge in [0.25, 0.3) is 0 Å². The second-order valence-electron chi connectivity index (χ2n) is 4.04. The molecule has 0 N–H and O–H groups in total. The fourth-order valence-electron chi connectivity index (χ4n) is 1.79. The van der Waals surface area contributed by atoms with Crippen LogP contribution in [0.5, 0.6) is 0 Å². The van der Waals surface area contributed by atoms with Crippen LogP contribution in [-0.2, 0) is 0 Å². The highest BCUT2D eigenvalue weighted by molar-refractivity contribution is 7.99. The van der Waals surface area contributed by atoms with Crippen LogP contribution in [0.15, 0.2) is 23.1 Å². The molecule has 1 aromatic rings. The van der Waals surface area contributed by atoms with Gasteiger partial charge < -0.3 is 4.90 Å². The van der Waals surface area contributed by atoms with Crippen molar-refractivity contribution in [1.29, 1.82) is 0 Å². The highest BCUT2D eigenvalue weighted by Gasteiger charge is 2.13. The van der Waals surface area contributed by atoms with E-state index >= 15 is 0 Å². The van der Waals surface area contributed by atoms with E-state index in [0.29, 0.717) is 0 Å². The number of thioether (sulfide) groups is 1. The Kier molecular flexibility index (Phi) is 6.36. The molecule has 0 aliphatic rings. The standard InChI is InChI=1S/C14H20FNOS/c1-4-16(5-2)9-10-18-13-8-6-7-12(15)14(13)11(3)17/h6-8H,4-5,9-10H2,1-3H3. The zero-order valence-electron chi connectivity index (χ0n) is 11.2. The quantitative estimate of drug-likeness (QED) is 0.558. The topological polar surface area (TPSA) is 20.3 Å². The van der Waals surface area contributed by atoms with Gasteiger partial charge in [-0.2, -0.15) is 0 Å². The molecule has 18 heavy (non-hydrogen) atoms. The predicted molar refractivity (Wildman–Crippen MR) is 74.9 cm³/mol. The number of halogens is 1. The molecule has 0 atom stereocenters. The van der Waals surface area contributed by atoms with E-state index in [0.717, 1.165) is 30.3 Å². The molecule has 0 heterocycles. The van der Waals surface area contributed by atoms with Crippen molar-refractivity contribution in [2.24, 2.45) is 0 Å². The van der Waals surface area contributed by atoms with E-state index in [1.54, 1.807) is 17.8 Å². The summed E-state index contributed by atoms with van der Waals surface area (Å²) in [5, 5.41) is 0.